The average Bonchev–Trinajstić information content (AvgIpc) is 2.83. The molecule has 5 heteroatoms. The number of sulfone groups is 1. The molecule has 0 N–H and O–H groups in total. The highest BCUT2D eigenvalue weighted by Crippen LogP contribution is 2.41. The first-order valence-electron chi connectivity index (χ1n) is 11.9. The van der Waals surface area contributed by atoms with Gasteiger partial charge in [-0.15, -0.1) is 0 Å². The van der Waals surface area contributed by atoms with Gasteiger partial charge in [0.05, 0.1) is 4.90 Å². The van der Waals surface area contributed by atoms with E-state index in [9.17, 15) is 13.2 Å². The summed E-state index contributed by atoms with van der Waals surface area (Å²) in [6, 6.07) is 21.9. The summed E-state index contributed by atoms with van der Waals surface area (Å²) in [5, 5.41) is 0. The molecule has 0 spiro atoms. The fourth-order valence-corrected chi connectivity index (χ4v) is 7.68. The first kappa shape index (κ1) is 27.3. The highest BCUT2D eigenvalue weighted by molar-refractivity contribution is 14.1. The van der Waals surface area contributed by atoms with Crippen LogP contribution >= 0.6 is 22.6 Å². The third kappa shape index (κ3) is 5.78. The smallest absolute Gasteiger partial charge is 0.212 e. The summed E-state index contributed by atoms with van der Waals surface area (Å²) < 4.78 is 29.6. The molecule has 0 amide bonds. The van der Waals surface area contributed by atoms with E-state index >= 15 is 0 Å². The van der Waals surface area contributed by atoms with Crippen molar-refractivity contribution >= 4 is 41.8 Å². The van der Waals surface area contributed by atoms with Crippen molar-refractivity contribution in [3.8, 4) is 0 Å². The summed E-state index contributed by atoms with van der Waals surface area (Å²) in [6.07, 6.45) is 0. The molecular formula is C30H33IO3S. The Labute approximate surface area is 223 Å². The van der Waals surface area contributed by atoms with Gasteiger partial charge in [-0.1, -0.05) is 114 Å². The second-order valence-corrected chi connectivity index (χ2v) is 12.6. The van der Waals surface area contributed by atoms with Gasteiger partial charge in [-0.25, -0.2) is 8.42 Å². The third-order valence-electron chi connectivity index (χ3n) is 6.09. The lowest BCUT2D eigenvalue weighted by molar-refractivity contribution is 0.104. The maximum atomic E-state index is 14.6. The molecule has 0 unspecified atom stereocenters. The van der Waals surface area contributed by atoms with Crippen LogP contribution in [0.5, 0.6) is 0 Å². The summed E-state index contributed by atoms with van der Waals surface area (Å²) >= 11 is 2.02. The maximum absolute atomic E-state index is 14.6. The van der Waals surface area contributed by atoms with Gasteiger partial charge in [-0.3, -0.25) is 4.79 Å². The molecule has 0 aliphatic heterocycles. The summed E-state index contributed by atoms with van der Waals surface area (Å²) in [5.74, 6) is -0.291. The number of hydrogen-bond donors (Lipinski definition) is 0. The van der Waals surface area contributed by atoms with Gasteiger partial charge in [0.1, 0.15) is 4.91 Å². The summed E-state index contributed by atoms with van der Waals surface area (Å²) in [5.41, 5.74) is 3.68. The van der Waals surface area contributed by atoms with E-state index in [1.165, 1.54) is 0 Å². The molecule has 3 aromatic carbocycles. The number of carbonyl (C=O) groups is 1. The Morgan fingerprint density at radius 3 is 1.51 bits per heavy atom. The lowest BCUT2D eigenvalue weighted by Gasteiger charge is -2.24. The average molecular weight is 601 g/mol. The van der Waals surface area contributed by atoms with Crippen LogP contribution in [-0.4, -0.2) is 14.2 Å². The van der Waals surface area contributed by atoms with E-state index in [4.69, 9.17) is 0 Å². The molecule has 0 bridgehead atoms. The molecule has 0 radical (unpaired) electrons. The SMILES string of the molecule is CC(C)c1cc(C(C)C)c(S(=O)(=O)/C(C(=O)c2ccccc2)=C(/I)c2ccccc2)c(C(C)C)c1. The fourth-order valence-electron chi connectivity index (χ4n) is 4.08. The van der Waals surface area contributed by atoms with E-state index in [0.717, 1.165) is 16.7 Å². The van der Waals surface area contributed by atoms with Crippen LogP contribution in [0.25, 0.3) is 3.58 Å². The van der Waals surface area contributed by atoms with Crippen molar-refractivity contribution in [1.82, 2.24) is 0 Å². The molecule has 0 aliphatic carbocycles. The Morgan fingerprint density at radius 2 is 1.11 bits per heavy atom. The number of carbonyl (C=O) groups excluding carboxylic acids is 1. The van der Waals surface area contributed by atoms with Crippen LogP contribution in [0.15, 0.2) is 82.6 Å². The van der Waals surface area contributed by atoms with Crippen molar-refractivity contribution in [1.29, 1.82) is 0 Å². The lowest BCUT2D eigenvalue weighted by atomic mass is 9.89. The van der Waals surface area contributed by atoms with E-state index in [2.05, 4.69) is 13.8 Å². The van der Waals surface area contributed by atoms with Crippen molar-refractivity contribution in [2.24, 2.45) is 0 Å². The van der Waals surface area contributed by atoms with Gasteiger partial charge in [0, 0.05) is 9.14 Å². The van der Waals surface area contributed by atoms with Gasteiger partial charge in [-0.2, -0.15) is 0 Å². The van der Waals surface area contributed by atoms with Crippen molar-refractivity contribution in [2.45, 2.75) is 64.2 Å². The number of rotatable bonds is 8. The van der Waals surface area contributed by atoms with Crippen LogP contribution in [0.3, 0.4) is 0 Å². The minimum absolute atomic E-state index is 0.0292. The zero-order valence-electron chi connectivity index (χ0n) is 21.2. The first-order chi connectivity index (χ1) is 16.5. The number of halogens is 1. The number of allylic oxidation sites excluding steroid dienone is 1. The fraction of sp³-hybridized carbons (Fsp3) is 0.300. The Balaban J connectivity index is 2.44. The molecule has 0 saturated carbocycles. The van der Waals surface area contributed by atoms with E-state index in [0.29, 0.717) is 14.7 Å². The molecule has 0 fully saturated rings. The predicted molar refractivity (Wildman–Crippen MR) is 154 cm³/mol. The largest absolute Gasteiger partial charge is 0.288 e. The molecular weight excluding hydrogens is 567 g/mol. The number of benzene rings is 3. The highest BCUT2D eigenvalue weighted by atomic mass is 127. The third-order valence-corrected chi connectivity index (χ3v) is 9.55. The van der Waals surface area contributed by atoms with Crippen molar-refractivity contribution in [3.05, 3.63) is 106 Å². The van der Waals surface area contributed by atoms with E-state index in [-0.39, 0.29) is 27.6 Å². The van der Waals surface area contributed by atoms with Crippen LogP contribution in [0.2, 0.25) is 0 Å². The monoisotopic (exact) mass is 600 g/mol. The quantitative estimate of drug-likeness (QED) is 0.148. The molecule has 3 aromatic rings. The first-order valence-corrected chi connectivity index (χ1v) is 14.5. The molecule has 0 aromatic heterocycles. The molecule has 0 heterocycles. The number of ketones is 1. The van der Waals surface area contributed by atoms with E-state index < -0.39 is 15.6 Å². The summed E-state index contributed by atoms with van der Waals surface area (Å²) in [6.45, 7) is 12.3. The molecule has 35 heavy (non-hydrogen) atoms. The van der Waals surface area contributed by atoms with Gasteiger partial charge in [0.15, 0.2) is 0 Å². The highest BCUT2D eigenvalue weighted by Gasteiger charge is 2.36. The minimum atomic E-state index is -4.17. The van der Waals surface area contributed by atoms with Crippen molar-refractivity contribution in [3.63, 3.8) is 0 Å². The molecule has 3 rings (SSSR count). The molecule has 184 valence electrons. The Hall–Kier alpha value is -2.25. The maximum Gasteiger partial charge on any atom is 0.212 e. The second kappa shape index (κ2) is 11.2. The normalized spacial score (nSPS) is 12.9. The number of Topliss-reactive ketones (excluding diaryl/α,β-unsaturated/α-hetero) is 1. The second-order valence-electron chi connectivity index (χ2n) is 9.70. The van der Waals surface area contributed by atoms with E-state index in [1.807, 2.05) is 98.8 Å². The molecule has 0 atom stereocenters. The van der Waals surface area contributed by atoms with Crippen LogP contribution in [0.1, 0.15) is 91.9 Å². The topological polar surface area (TPSA) is 51.2 Å². The van der Waals surface area contributed by atoms with Gasteiger partial charge in [0.2, 0.25) is 15.6 Å². The van der Waals surface area contributed by atoms with Gasteiger partial charge >= 0.3 is 0 Å². The number of hydrogen-bond acceptors (Lipinski definition) is 3. The zero-order valence-corrected chi connectivity index (χ0v) is 24.1. The van der Waals surface area contributed by atoms with Gasteiger partial charge in [-0.05, 0) is 62.6 Å². The zero-order chi connectivity index (χ0) is 25.9. The van der Waals surface area contributed by atoms with Crippen LogP contribution in [0.4, 0.5) is 0 Å². The molecule has 0 aliphatic rings. The Kier molecular flexibility index (Phi) is 8.76. The molecule has 0 saturated heterocycles. The Morgan fingerprint density at radius 1 is 0.686 bits per heavy atom. The van der Waals surface area contributed by atoms with Crippen molar-refractivity contribution < 1.29 is 13.2 Å². The minimum Gasteiger partial charge on any atom is -0.288 e. The van der Waals surface area contributed by atoms with Gasteiger partial charge in [0.25, 0.3) is 0 Å². The van der Waals surface area contributed by atoms with Crippen LogP contribution in [-0.2, 0) is 9.84 Å². The van der Waals surface area contributed by atoms with E-state index in [1.54, 1.807) is 24.3 Å². The lowest BCUT2D eigenvalue weighted by Crippen LogP contribution is -2.20. The van der Waals surface area contributed by atoms with Crippen LogP contribution in [0, 0.1) is 0 Å². The summed E-state index contributed by atoms with van der Waals surface area (Å²) in [7, 11) is -4.17. The Bertz CT molecular complexity index is 1310. The van der Waals surface area contributed by atoms with Crippen LogP contribution < -0.4 is 0 Å². The van der Waals surface area contributed by atoms with Gasteiger partial charge < -0.3 is 0 Å². The predicted octanol–water partition coefficient (Wildman–Crippen LogP) is 8.52. The van der Waals surface area contributed by atoms with Crippen molar-refractivity contribution in [2.75, 3.05) is 0 Å². The molecule has 3 nitrogen and oxygen atoms in total. The standard InChI is InChI=1S/C30H33IO3S/c1-19(2)24-17-25(20(3)4)29(26(18-24)21(5)6)35(33,34)30(27(31)22-13-9-7-10-14-22)28(32)23-15-11-8-12-16-23/h7-21H,1-6H3/b30-27+. The summed E-state index contributed by atoms with van der Waals surface area (Å²) in [4.78, 5) is 14.0.